The zero-order valence-electron chi connectivity index (χ0n) is 12.4. The molecular weight excluding hydrogens is 403 g/mol. The highest BCUT2D eigenvalue weighted by Gasteiger charge is 2.19. The second-order valence-corrected chi connectivity index (χ2v) is 5.62. The van der Waals surface area contributed by atoms with Gasteiger partial charge in [0, 0.05) is 4.47 Å². The minimum Gasteiger partial charge on any atom is -0.507 e. The summed E-state index contributed by atoms with van der Waals surface area (Å²) < 4.78 is 18.3. The molecule has 0 aliphatic heterocycles. The number of carbonyl (C=O) groups excluding carboxylic acids is 2. The van der Waals surface area contributed by atoms with Crippen molar-refractivity contribution in [2.45, 2.75) is 0 Å². The number of halogens is 2. The van der Waals surface area contributed by atoms with Crippen LogP contribution in [-0.2, 0) is 9.53 Å². The van der Waals surface area contributed by atoms with Gasteiger partial charge in [0.25, 0.3) is 11.6 Å². The largest absolute Gasteiger partial charge is 0.507 e. The average molecular weight is 413 g/mol. The molecule has 0 aliphatic rings. The molecule has 0 atom stereocenters. The van der Waals surface area contributed by atoms with Crippen LogP contribution in [0.25, 0.3) is 0 Å². The highest BCUT2D eigenvalue weighted by Crippen LogP contribution is 2.25. The maximum absolute atomic E-state index is 13.0. The summed E-state index contributed by atoms with van der Waals surface area (Å²) in [6, 6.07) is 6.69. The summed E-state index contributed by atoms with van der Waals surface area (Å²) in [6.45, 7) is -0.751. The number of nitrogens with zero attached hydrogens (tertiary/aromatic N) is 1. The first-order valence-electron chi connectivity index (χ1n) is 6.67. The number of carbonyl (C=O) groups is 2. The molecule has 0 fully saturated rings. The van der Waals surface area contributed by atoms with Crippen LogP contribution in [0.1, 0.15) is 10.4 Å². The number of phenols is 1. The minimum atomic E-state index is -0.956. The molecule has 0 radical (unpaired) electrons. The first-order valence-corrected chi connectivity index (χ1v) is 7.46. The SMILES string of the molecule is O=C(COC(=O)c1cc(Br)ccc1O)Nc1ccc(F)cc1[N+](=O)[O-]. The fraction of sp³-hybridized carbons (Fsp3) is 0.0667. The highest BCUT2D eigenvalue weighted by atomic mass is 79.9. The van der Waals surface area contributed by atoms with Crippen LogP contribution in [0.4, 0.5) is 15.8 Å². The van der Waals surface area contributed by atoms with Crippen LogP contribution in [-0.4, -0.2) is 28.5 Å². The summed E-state index contributed by atoms with van der Waals surface area (Å²) in [5.41, 5.74) is -1.03. The minimum absolute atomic E-state index is 0.157. The van der Waals surface area contributed by atoms with Crippen molar-refractivity contribution in [3.63, 3.8) is 0 Å². The number of amides is 1. The molecule has 0 bridgehead atoms. The normalized spacial score (nSPS) is 10.2. The summed E-state index contributed by atoms with van der Waals surface area (Å²) in [5.74, 6) is -2.98. The van der Waals surface area contributed by atoms with E-state index in [2.05, 4.69) is 21.2 Å². The van der Waals surface area contributed by atoms with Crippen LogP contribution >= 0.6 is 15.9 Å². The molecule has 0 heterocycles. The molecule has 0 aliphatic carbocycles. The Hall–Kier alpha value is -3.01. The zero-order chi connectivity index (χ0) is 18.6. The molecule has 1 amide bonds. The van der Waals surface area contributed by atoms with Crippen molar-refractivity contribution >= 4 is 39.2 Å². The van der Waals surface area contributed by atoms with Crippen molar-refractivity contribution < 1.29 is 28.7 Å². The Morgan fingerprint density at radius 1 is 1.28 bits per heavy atom. The van der Waals surface area contributed by atoms with Crippen LogP contribution < -0.4 is 5.32 Å². The van der Waals surface area contributed by atoms with Gasteiger partial charge in [-0.15, -0.1) is 0 Å². The average Bonchev–Trinajstić information content (AvgIpc) is 2.56. The maximum Gasteiger partial charge on any atom is 0.342 e. The number of esters is 1. The van der Waals surface area contributed by atoms with E-state index in [-0.39, 0.29) is 17.0 Å². The van der Waals surface area contributed by atoms with Gasteiger partial charge in [0.2, 0.25) is 0 Å². The number of anilines is 1. The fourth-order valence-corrected chi connectivity index (χ4v) is 2.19. The number of nitrogens with one attached hydrogen (secondary N) is 1. The van der Waals surface area contributed by atoms with Gasteiger partial charge in [0.15, 0.2) is 6.61 Å². The highest BCUT2D eigenvalue weighted by molar-refractivity contribution is 9.10. The lowest BCUT2D eigenvalue weighted by atomic mass is 10.2. The first kappa shape index (κ1) is 18.3. The Morgan fingerprint density at radius 2 is 2.00 bits per heavy atom. The van der Waals surface area contributed by atoms with E-state index in [1.54, 1.807) is 0 Å². The van der Waals surface area contributed by atoms with Gasteiger partial charge in [0.05, 0.1) is 11.0 Å². The third-order valence-electron chi connectivity index (χ3n) is 2.94. The standard InChI is InChI=1S/C15H10BrFN2O6/c16-8-1-4-13(20)10(5-8)15(22)25-7-14(21)18-11-3-2-9(17)6-12(11)19(23)24/h1-6,20H,7H2,(H,18,21). The van der Waals surface area contributed by atoms with E-state index in [9.17, 15) is 29.2 Å². The Labute approximate surface area is 148 Å². The van der Waals surface area contributed by atoms with E-state index >= 15 is 0 Å². The summed E-state index contributed by atoms with van der Waals surface area (Å²) in [5, 5.41) is 22.6. The third-order valence-corrected chi connectivity index (χ3v) is 3.44. The monoisotopic (exact) mass is 412 g/mol. The first-order chi connectivity index (χ1) is 11.8. The zero-order valence-corrected chi connectivity index (χ0v) is 13.9. The predicted octanol–water partition coefficient (Wildman–Crippen LogP) is 3.00. The molecule has 0 saturated heterocycles. The quantitative estimate of drug-likeness (QED) is 0.442. The van der Waals surface area contributed by atoms with Crippen LogP contribution in [0.5, 0.6) is 5.75 Å². The number of hydrogen-bond acceptors (Lipinski definition) is 6. The summed E-state index contributed by atoms with van der Waals surface area (Å²) in [4.78, 5) is 33.6. The molecule has 25 heavy (non-hydrogen) atoms. The number of benzene rings is 2. The van der Waals surface area contributed by atoms with Crippen LogP contribution in [0.15, 0.2) is 40.9 Å². The van der Waals surface area contributed by atoms with Gasteiger partial charge in [0.1, 0.15) is 22.8 Å². The van der Waals surface area contributed by atoms with Crippen LogP contribution in [0.2, 0.25) is 0 Å². The van der Waals surface area contributed by atoms with Gasteiger partial charge in [-0.1, -0.05) is 15.9 Å². The number of nitro groups is 1. The number of rotatable bonds is 5. The summed E-state index contributed by atoms with van der Waals surface area (Å²) in [7, 11) is 0. The molecule has 0 unspecified atom stereocenters. The number of ether oxygens (including phenoxy) is 1. The second-order valence-electron chi connectivity index (χ2n) is 4.70. The molecule has 2 aromatic carbocycles. The topological polar surface area (TPSA) is 119 Å². The number of nitro benzene ring substituents is 1. The molecule has 0 spiro atoms. The third kappa shape index (κ3) is 4.73. The second kappa shape index (κ2) is 7.71. The molecule has 0 aromatic heterocycles. The predicted molar refractivity (Wildman–Crippen MR) is 87.8 cm³/mol. The Kier molecular flexibility index (Phi) is 5.65. The van der Waals surface area contributed by atoms with Crippen molar-refractivity contribution in [2.24, 2.45) is 0 Å². The Bertz CT molecular complexity index is 858. The van der Waals surface area contributed by atoms with Gasteiger partial charge >= 0.3 is 5.97 Å². The van der Waals surface area contributed by atoms with Crippen molar-refractivity contribution in [1.29, 1.82) is 0 Å². The maximum atomic E-state index is 13.0. The van der Waals surface area contributed by atoms with E-state index in [1.165, 1.54) is 18.2 Å². The number of phenolic OH excluding ortho intramolecular Hbond substituents is 1. The van der Waals surface area contributed by atoms with Crippen molar-refractivity contribution in [3.8, 4) is 5.75 Å². The van der Waals surface area contributed by atoms with Gasteiger partial charge in [-0.3, -0.25) is 14.9 Å². The molecule has 8 nitrogen and oxygen atoms in total. The number of aromatic hydroxyl groups is 1. The van der Waals surface area contributed by atoms with Crippen LogP contribution in [0, 0.1) is 15.9 Å². The van der Waals surface area contributed by atoms with Crippen molar-refractivity contribution in [1.82, 2.24) is 0 Å². The van der Waals surface area contributed by atoms with E-state index in [0.717, 1.165) is 12.1 Å². The van der Waals surface area contributed by atoms with Gasteiger partial charge in [-0.2, -0.15) is 0 Å². The van der Waals surface area contributed by atoms with Crippen molar-refractivity contribution in [3.05, 3.63) is 62.4 Å². The smallest absolute Gasteiger partial charge is 0.342 e. The summed E-state index contributed by atoms with van der Waals surface area (Å²) in [6.07, 6.45) is 0. The molecule has 130 valence electrons. The summed E-state index contributed by atoms with van der Waals surface area (Å²) >= 11 is 3.12. The Balaban J connectivity index is 2.03. The van der Waals surface area contributed by atoms with Crippen molar-refractivity contribution in [2.75, 3.05) is 11.9 Å². The molecule has 2 N–H and O–H groups in total. The molecule has 0 saturated carbocycles. The molecule has 2 rings (SSSR count). The molecular formula is C15H10BrFN2O6. The lowest BCUT2D eigenvalue weighted by Gasteiger charge is -2.08. The van der Waals surface area contributed by atoms with Crippen LogP contribution in [0.3, 0.4) is 0 Å². The van der Waals surface area contributed by atoms with E-state index in [4.69, 9.17) is 4.74 Å². The molecule has 2 aromatic rings. The Morgan fingerprint density at radius 3 is 2.68 bits per heavy atom. The van der Waals surface area contributed by atoms with E-state index in [0.29, 0.717) is 10.5 Å². The number of hydrogen-bond donors (Lipinski definition) is 2. The fourth-order valence-electron chi connectivity index (χ4n) is 1.83. The molecule has 10 heteroatoms. The van der Waals surface area contributed by atoms with E-state index < -0.39 is 34.9 Å². The van der Waals surface area contributed by atoms with Gasteiger partial charge < -0.3 is 15.2 Å². The lowest BCUT2D eigenvalue weighted by Crippen LogP contribution is -2.21. The van der Waals surface area contributed by atoms with Gasteiger partial charge in [-0.05, 0) is 30.3 Å². The van der Waals surface area contributed by atoms with E-state index in [1.807, 2.05) is 0 Å². The lowest BCUT2D eigenvalue weighted by molar-refractivity contribution is -0.384. The van der Waals surface area contributed by atoms with Gasteiger partial charge in [-0.25, -0.2) is 9.18 Å².